The van der Waals surface area contributed by atoms with Crippen LogP contribution in [0.3, 0.4) is 0 Å². The third-order valence-corrected chi connectivity index (χ3v) is 7.81. The molecule has 0 aliphatic heterocycles. The maximum Gasteiger partial charge on any atom is 0.306 e. The van der Waals surface area contributed by atoms with Crippen LogP contribution in [0.15, 0.2) is 12.2 Å². The zero-order valence-corrected chi connectivity index (χ0v) is 27.3. The SMILES string of the molecule is CCCCCCCC/C=C\CCCCCCCC(=O)OC[C@H](CO)OC(=O)CCCCCCCCCCCCCC. The minimum absolute atomic E-state index is 0.0649. The topological polar surface area (TPSA) is 72.8 Å². The lowest BCUT2D eigenvalue weighted by atomic mass is 10.0. The Balaban J connectivity index is 3.56. The van der Waals surface area contributed by atoms with Gasteiger partial charge < -0.3 is 14.6 Å². The quantitative estimate of drug-likeness (QED) is 0.0487. The highest BCUT2D eigenvalue weighted by atomic mass is 16.6. The second-order valence-electron chi connectivity index (χ2n) is 12.0. The highest BCUT2D eigenvalue weighted by Crippen LogP contribution is 2.14. The Labute approximate surface area is 254 Å². The standard InChI is InChI=1S/C36H68O5/c1-3-5-7-9-11-13-15-17-18-19-21-22-24-26-28-30-35(38)40-33-34(32-37)41-36(39)31-29-27-25-23-20-16-14-12-10-8-6-4-2/h17-18,34,37H,3-16,19-33H2,1-2H3/b18-17-/t34-/m0/s1. The van der Waals surface area contributed by atoms with Crippen molar-refractivity contribution in [2.45, 2.75) is 193 Å². The van der Waals surface area contributed by atoms with E-state index in [9.17, 15) is 14.7 Å². The molecule has 0 heterocycles. The number of ether oxygens (including phenoxy) is 2. The van der Waals surface area contributed by atoms with E-state index in [0.717, 1.165) is 44.9 Å². The molecule has 0 radical (unpaired) electrons. The van der Waals surface area contributed by atoms with Crippen LogP contribution in [0.5, 0.6) is 0 Å². The predicted molar refractivity (Wildman–Crippen MR) is 173 cm³/mol. The number of aliphatic hydroxyl groups excluding tert-OH is 1. The molecule has 41 heavy (non-hydrogen) atoms. The van der Waals surface area contributed by atoms with E-state index in [4.69, 9.17) is 9.47 Å². The summed E-state index contributed by atoms with van der Waals surface area (Å²) >= 11 is 0. The first-order valence-corrected chi connectivity index (χ1v) is 17.7. The highest BCUT2D eigenvalue weighted by Gasteiger charge is 2.16. The Morgan fingerprint density at radius 2 is 0.902 bits per heavy atom. The van der Waals surface area contributed by atoms with Gasteiger partial charge >= 0.3 is 11.9 Å². The van der Waals surface area contributed by atoms with Crippen molar-refractivity contribution in [1.29, 1.82) is 0 Å². The Kier molecular flexibility index (Phi) is 32.0. The molecule has 1 atom stereocenters. The van der Waals surface area contributed by atoms with Crippen LogP contribution in [0.1, 0.15) is 187 Å². The summed E-state index contributed by atoms with van der Waals surface area (Å²) in [6, 6.07) is 0. The fourth-order valence-corrected chi connectivity index (χ4v) is 5.08. The lowest BCUT2D eigenvalue weighted by Crippen LogP contribution is -2.28. The number of carbonyl (C=O) groups is 2. The number of aliphatic hydroxyl groups is 1. The molecular weight excluding hydrogens is 512 g/mol. The van der Waals surface area contributed by atoms with Crippen LogP contribution < -0.4 is 0 Å². The van der Waals surface area contributed by atoms with Gasteiger partial charge in [-0.1, -0.05) is 148 Å². The average Bonchev–Trinajstić information content (AvgIpc) is 2.97. The zero-order chi connectivity index (χ0) is 30.1. The fourth-order valence-electron chi connectivity index (χ4n) is 5.08. The highest BCUT2D eigenvalue weighted by molar-refractivity contribution is 5.70. The van der Waals surface area contributed by atoms with E-state index >= 15 is 0 Å². The molecule has 0 bridgehead atoms. The fraction of sp³-hybridized carbons (Fsp3) is 0.889. The maximum atomic E-state index is 12.1. The van der Waals surface area contributed by atoms with E-state index < -0.39 is 6.10 Å². The summed E-state index contributed by atoms with van der Waals surface area (Å²) in [5.41, 5.74) is 0. The van der Waals surface area contributed by atoms with Crippen molar-refractivity contribution in [3.8, 4) is 0 Å². The molecule has 0 aliphatic rings. The van der Waals surface area contributed by atoms with Gasteiger partial charge in [0, 0.05) is 12.8 Å². The van der Waals surface area contributed by atoms with Crippen LogP contribution in [-0.4, -0.2) is 36.4 Å². The van der Waals surface area contributed by atoms with Gasteiger partial charge in [0.25, 0.3) is 0 Å². The van der Waals surface area contributed by atoms with E-state index in [2.05, 4.69) is 26.0 Å². The van der Waals surface area contributed by atoms with Gasteiger partial charge in [0.05, 0.1) is 6.61 Å². The third kappa shape index (κ3) is 31.4. The first-order chi connectivity index (χ1) is 20.1. The molecule has 0 spiro atoms. The van der Waals surface area contributed by atoms with Gasteiger partial charge in [-0.15, -0.1) is 0 Å². The van der Waals surface area contributed by atoms with Crippen molar-refractivity contribution in [3.05, 3.63) is 12.2 Å². The van der Waals surface area contributed by atoms with E-state index in [-0.39, 0.29) is 25.2 Å². The summed E-state index contributed by atoms with van der Waals surface area (Å²) in [5.74, 6) is -0.595. The summed E-state index contributed by atoms with van der Waals surface area (Å²) < 4.78 is 10.6. The summed E-state index contributed by atoms with van der Waals surface area (Å²) in [7, 11) is 0. The molecule has 0 aromatic rings. The monoisotopic (exact) mass is 581 g/mol. The summed E-state index contributed by atoms with van der Waals surface area (Å²) in [4.78, 5) is 24.1. The third-order valence-electron chi connectivity index (χ3n) is 7.81. The summed E-state index contributed by atoms with van der Waals surface area (Å²) in [6.45, 7) is 4.12. The van der Waals surface area contributed by atoms with Gasteiger partial charge in [0.1, 0.15) is 6.61 Å². The second-order valence-corrected chi connectivity index (χ2v) is 12.0. The number of hydrogen-bond acceptors (Lipinski definition) is 5. The van der Waals surface area contributed by atoms with Gasteiger partial charge in [-0.2, -0.15) is 0 Å². The molecule has 0 unspecified atom stereocenters. The number of unbranched alkanes of at least 4 members (excludes halogenated alkanes) is 22. The molecule has 0 fully saturated rings. The van der Waals surface area contributed by atoms with Gasteiger partial charge in [-0.3, -0.25) is 9.59 Å². The molecule has 0 aromatic carbocycles. The molecule has 5 nitrogen and oxygen atoms in total. The molecular formula is C36H68O5. The molecule has 0 saturated heterocycles. The van der Waals surface area contributed by atoms with Crippen molar-refractivity contribution < 1.29 is 24.2 Å². The van der Waals surface area contributed by atoms with E-state index in [0.29, 0.717) is 12.8 Å². The van der Waals surface area contributed by atoms with Gasteiger partial charge in [-0.05, 0) is 38.5 Å². The lowest BCUT2D eigenvalue weighted by molar-refractivity contribution is -0.161. The van der Waals surface area contributed by atoms with Gasteiger partial charge in [0.2, 0.25) is 0 Å². The Morgan fingerprint density at radius 3 is 1.32 bits per heavy atom. The van der Waals surface area contributed by atoms with Gasteiger partial charge in [-0.25, -0.2) is 0 Å². The maximum absolute atomic E-state index is 12.1. The normalized spacial score (nSPS) is 12.2. The molecule has 1 N–H and O–H groups in total. The largest absolute Gasteiger partial charge is 0.462 e. The molecule has 0 rings (SSSR count). The van der Waals surface area contributed by atoms with Crippen molar-refractivity contribution >= 4 is 11.9 Å². The second kappa shape index (κ2) is 33.1. The number of carbonyl (C=O) groups excluding carboxylic acids is 2. The molecule has 0 aromatic heterocycles. The van der Waals surface area contributed by atoms with Crippen molar-refractivity contribution in [1.82, 2.24) is 0 Å². The van der Waals surface area contributed by atoms with Crippen LogP contribution in [0.25, 0.3) is 0 Å². The summed E-state index contributed by atoms with van der Waals surface area (Å²) in [6.07, 6.45) is 35.5. The van der Waals surface area contributed by atoms with Crippen molar-refractivity contribution in [2.75, 3.05) is 13.2 Å². The number of esters is 2. The van der Waals surface area contributed by atoms with Crippen LogP contribution >= 0.6 is 0 Å². The van der Waals surface area contributed by atoms with Crippen LogP contribution in [0, 0.1) is 0 Å². The number of allylic oxidation sites excluding steroid dienone is 2. The first-order valence-electron chi connectivity index (χ1n) is 17.7. The molecule has 0 saturated carbocycles. The van der Waals surface area contributed by atoms with E-state index in [1.54, 1.807) is 0 Å². The summed E-state index contributed by atoms with van der Waals surface area (Å²) in [5, 5.41) is 9.50. The lowest BCUT2D eigenvalue weighted by Gasteiger charge is -2.15. The number of rotatable bonds is 32. The predicted octanol–water partition coefficient (Wildman–Crippen LogP) is 10.6. The number of hydrogen-bond donors (Lipinski definition) is 1. The smallest absolute Gasteiger partial charge is 0.306 e. The molecule has 5 heteroatoms. The Morgan fingerprint density at radius 1 is 0.537 bits per heavy atom. The molecule has 0 amide bonds. The van der Waals surface area contributed by atoms with Gasteiger partial charge in [0.15, 0.2) is 6.10 Å². The van der Waals surface area contributed by atoms with Crippen LogP contribution in [0.4, 0.5) is 0 Å². The van der Waals surface area contributed by atoms with E-state index in [1.165, 1.54) is 116 Å². The zero-order valence-electron chi connectivity index (χ0n) is 27.3. The van der Waals surface area contributed by atoms with Crippen LogP contribution in [-0.2, 0) is 19.1 Å². The minimum atomic E-state index is -0.766. The van der Waals surface area contributed by atoms with Crippen molar-refractivity contribution in [3.63, 3.8) is 0 Å². The van der Waals surface area contributed by atoms with Crippen LogP contribution in [0.2, 0.25) is 0 Å². The minimum Gasteiger partial charge on any atom is -0.462 e. The van der Waals surface area contributed by atoms with E-state index in [1.807, 2.05) is 0 Å². The molecule has 0 aliphatic carbocycles. The average molecular weight is 581 g/mol. The Hall–Kier alpha value is -1.36. The first kappa shape index (κ1) is 39.6. The Bertz CT molecular complexity index is 589. The van der Waals surface area contributed by atoms with Crippen molar-refractivity contribution in [2.24, 2.45) is 0 Å². The molecule has 242 valence electrons.